The van der Waals surface area contributed by atoms with E-state index < -0.39 is 11.7 Å². The maximum atomic E-state index is 12.9. The van der Waals surface area contributed by atoms with Crippen LogP contribution in [-0.2, 0) is 4.79 Å². The maximum Gasteiger partial charge on any atom is 0.277 e. The fraction of sp³-hybridized carbons (Fsp3) is 0.176. The van der Waals surface area contributed by atoms with Crippen molar-refractivity contribution in [1.82, 2.24) is 5.43 Å². The zero-order valence-electron chi connectivity index (χ0n) is 12.8. The Balaban J connectivity index is 1.86. The second-order valence-electron chi connectivity index (χ2n) is 5.07. The van der Waals surface area contributed by atoms with Gasteiger partial charge in [-0.05, 0) is 55.3 Å². The normalized spacial score (nSPS) is 10.8. The summed E-state index contributed by atoms with van der Waals surface area (Å²) in [4.78, 5) is 11.7. The molecule has 0 aromatic heterocycles. The van der Waals surface area contributed by atoms with Crippen molar-refractivity contribution in [1.29, 1.82) is 0 Å². The van der Waals surface area contributed by atoms with Crippen LogP contribution in [0.5, 0.6) is 5.75 Å². The average molecular weight is 335 g/mol. The van der Waals surface area contributed by atoms with Crippen molar-refractivity contribution in [3.8, 4) is 5.75 Å². The molecule has 4 nitrogen and oxygen atoms in total. The number of carbonyl (C=O) groups excluding carboxylic acids is 1. The van der Waals surface area contributed by atoms with E-state index in [0.29, 0.717) is 11.3 Å². The van der Waals surface area contributed by atoms with E-state index in [1.54, 1.807) is 0 Å². The Morgan fingerprint density at radius 2 is 1.96 bits per heavy atom. The first-order chi connectivity index (χ1) is 10.9. The number of hydrogen-bond acceptors (Lipinski definition) is 3. The lowest BCUT2D eigenvalue weighted by Crippen LogP contribution is -2.24. The number of amides is 1. The summed E-state index contributed by atoms with van der Waals surface area (Å²) in [5, 5.41) is 3.99. The Labute approximate surface area is 138 Å². The highest BCUT2D eigenvalue weighted by atomic mass is 35.5. The minimum atomic E-state index is -0.432. The van der Waals surface area contributed by atoms with Gasteiger partial charge in [-0.1, -0.05) is 17.7 Å². The van der Waals surface area contributed by atoms with Gasteiger partial charge < -0.3 is 4.74 Å². The molecule has 1 amide bonds. The first-order valence-corrected chi connectivity index (χ1v) is 7.30. The van der Waals surface area contributed by atoms with Crippen molar-refractivity contribution in [2.24, 2.45) is 5.10 Å². The van der Waals surface area contributed by atoms with Crippen molar-refractivity contribution in [2.75, 3.05) is 6.61 Å². The Bertz CT molecular complexity index is 727. The van der Waals surface area contributed by atoms with E-state index in [9.17, 15) is 9.18 Å². The van der Waals surface area contributed by atoms with Crippen LogP contribution >= 0.6 is 11.6 Å². The van der Waals surface area contributed by atoms with E-state index in [0.717, 1.165) is 11.1 Å². The number of nitrogens with zero attached hydrogens (tertiary/aromatic N) is 1. The molecule has 0 spiro atoms. The van der Waals surface area contributed by atoms with Crippen LogP contribution in [0, 0.1) is 19.7 Å². The van der Waals surface area contributed by atoms with Crippen LogP contribution in [-0.4, -0.2) is 18.7 Å². The number of ether oxygens (including phenoxy) is 1. The van der Waals surface area contributed by atoms with Crippen molar-refractivity contribution in [3.63, 3.8) is 0 Å². The molecule has 0 bridgehead atoms. The molecule has 2 rings (SSSR count). The van der Waals surface area contributed by atoms with E-state index in [1.807, 2.05) is 32.0 Å². The first-order valence-electron chi connectivity index (χ1n) is 6.92. The summed E-state index contributed by atoms with van der Waals surface area (Å²) in [6.07, 6.45) is 1.34. The first kappa shape index (κ1) is 17.0. The molecule has 0 unspecified atom stereocenters. The largest absolute Gasteiger partial charge is 0.484 e. The molecule has 0 radical (unpaired) electrons. The van der Waals surface area contributed by atoms with Crippen LogP contribution in [0.2, 0.25) is 5.02 Å². The second-order valence-corrected chi connectivity index (χ2v) is 5.48. The highest BCUT2D eigenvalue weighted by Gasteiger charge is 2.03. The lowest BCUT2D eigenvalue weighted by atomic mass is 10.1. The summed E-state index contributed by atoms with van der Waals surface area (Å²) in [5.74, 6) is -0.208. The third-order valence-electron chi connectivity index (χ3n) is 2.92. The van der Waals surface area contributed by atoms with Crippen LogP contribution in [0.3, 0.4) is 0 Å². The van der Waals surface area contributed by atoms with E-state index in [4.69, 9.17) is 16.3 Å². The summed E-state index contributed by atoms with van der Waals surface area (Å²) in [6, 6.07) is 9.62. The van der Waals surface area contributed by atoms with Crippen LogP contribution in [0.1, 0.15) is 16.7 Å². The van der Waals surface area contributed by atoms with Crippen molar-refractivity contribution < 1.29 is 13.9 Å². The molecule has 2 aromatic rings. The van der Waals surface area contributed by atoms with Gasteiger partial charge in [-0.2, -0.15) is 5.10 Å². The number of carbonyl (C=O) groups is 1. The molecule has 0 aliphatic rings. The average Bonchev–Trinajstić information content (AvgIpc) is 2.46. The third-order valence-corrected chi connectivity index (χ3v) is 3.25. The van der Waals surface area contributed by atoms with Crippen LogP contribution in [0.15, 0.2) is 41.5 Å². The van der Waals surface area contributed by atoms with Gasteiger partial charge in [-0.3, -0.25) is 4.79 Å². The molecule has 6 heteroatoms. The maximum absolute atomic E-state index is 12.9. The van der Waals surface area contributed by atoms with Gasteiger partial charge >= 0.3 is 0 Å². The molecule has 0 aliphatic carbocycles. The molecule has 0 saturated carbocycles. The number of halogens is 2. The Morgan fingerprint density at radius 1 is 1.26 bits per heavy atom. The van der Waals surface area contributed by atoms with Gasteiger partial charge in [0.1, 0.15) is 11.6 Å². The molecule has 0 atom stereocenters. The minimum absolute atomic E-state index is 0.155. The van der Waals surface area contributed by atoms with Gasteiger partial charge in [0.2, 0.25) is 0 Å². The molecular weight excluding hydrogens is 319 g/mol. The predicted octanol–water partition coefficient (Wildman–Crippen LogP) is 3.63. The quantitative estimate of drug-likeness (QED) is 0.670. The van der Waals surface area contributed by atoms with Crippen molar-refractivity contribution >= 4 is 23.7 Å². The highest BCUT2D eigenvalue weighted by molar-refractivity contribution is 6.33. The van der Waals surface area contributed by atoms with Gasteiger partial charge in [0, 0.05) is 5.56 Å². The van der Waals surface area contributed by atoms with E-state index in [1.165, 1.54) is 24.4 Å². The summed E-state index contributed by atoms with van der Waals surface area (Å²) in [5.41, 5.74) is 4.95. The minimum Gasteiger partial charge on any atom is -0.484 e. The van der Waals surface area contributed by atoms with E-state index in [2.05, 4.69) is 10.5 Å². The van der Waals surface area contributed by atoms with Crippen molar-refractivity contribution in [3.05, 3.63) is 63.9 Å². The van der Waals surface area contributed by atoms with Gasteiger partial charge in [-0.15, -0.1) is 0 Å². The number of hydrazone groups is 1. The van der Waals surface area contributed by atoms with Crippen LogP contribution in [0.25, 0.3) is 0 Å². The Hall–Kier alpha value is -2.40. The summed E-state index contributed by atoms with van der Waals surface area (Å²) < 4.78 is 18.3. The number of benzene rings is 2. The summed E-state index contributed by atoms with van der Waals surface area (Å²) in [6.45, 7) is 3.75. The number of nitrogens with one attached hydrogen (secondary N) is 1. The van der Waals surface area contributed by atoms with Gasteiger partial charge in [0.25, 0.3) is 5.91 Å². The van der Waals surface area contributed by atoms with E-state index >= 15 is 0 Å². The smallest absolute Gasteiger partial charge is 0.277 e. The highest BCUT2D eigenvalue weighted by Crippen LogP contribution is 2.16. The fourth-order valence-electron chi connectivity index (χ4n) is 1.98. The molecule has 0 aliphatic heterocycles. The number of aryl methyl sites for hydroxylation is 2. The predicted molar refractivity (Wildman–Crippen MR) is 88.6 cm³/mol. The van der Waals surface area contributed by atoms with Gasteiger partial charge in [0.15, 0.2) is 6.61 Å². The molecule has 2 aromatic carbocycles. The lowest BCUT2D eigenvalue weighted by molar-refractivity contribution is -0.123. The molecule has 1 N–H and O–H groups in total. The summed E-state index contributed by atoms with van der Waals surface area (Å²) in [7, 11) is 0. The van der Waals surface area contributed by atoms with Crippen LogP contribution < -0.4 is 10.2 Å². The SMILES string of the molecule is Cc1cc(C)cc(OCC(=O)NN=Cc2ccc(F)cc2Cl)c1. The van der Waals surface area contributed by atoms with Crippen LogP contribution in [0.4, 0.5) is 4.39 Å². The molecular formula is C17H16ClFN2O2. The van der Waals surface area contributed by atoms with E-state index in [-0.39, 0.29) is 11.6 Å². The van der Waals surface area contributed by atoms with Gasteiger partial charge in [0.05, 0.1) is 11.2 Å². The molecule has 0 heterocycles. The standard InChI is InChI=1S/C17H16ClFN2O2/c1-11-5-12(2)7-15(6-11)23-10-17(22)21-20-9-13-3-4-14(19)8-16(13)18/h3-9H,10H2,1-2H3,(H,21,22). The number of rotatable bonds is 5. The monoisotopic (exact) mass is 334 g/mol. The third kappa shape index (κ3) is 5.38. The summed E-state index contributed by atoms with van der Waals surface area (Å²) >= 11 is 5.85. The molecule has 0 saturated heterocycles. The zero-order valence-corrected chi connectivity index (χ0v) is 13.5. The Morgan fingerprint density at radius 3 is 2.61 bits per heavy atom. The zero-order chi connectivity index (χ0) is 16.8. The number of hydrogen-bond donors (Lipinski definition) is 1. The molecule has 23 heavy (non-hydrogen) atoms. The van der Waals surface area contributed by atoms with Gasteiger partial charge in [-0.25, -0.2) is 9.82 Å². The molecule has 120 valence electrons. The van der Waals surface area contributed by atoms with Crippen molar-refractivity contribution in [2.45, 2.75) is 13.8 Å². The second kappa shape index (κ2) is 7.74. The lowest BCUT2D eigenvalue weighted by Gasteiger charge is -2.07. The fourth-order valence-corrected chi connectivity index (χ4v) is 2.19. The Kier molecular flexibility index (Phi) is 5.71. The topological polar surface area (TPSA) is 50.7 Å². The molecule has 0 fully saturated rings.